The van der Waals surface area contributed by atoms with Crippen molar-refractivity contribution in [3.8, 4) is 0 Å². The third-order valence-corrected chi connectivity index (χ3v) is 4.17. The lowest BCUT2D eigenvalue weighted by molar-refractivity contribution is -0.143. The highest BCUT2D eigenvalue weighted by atomic mass is 127. The van der Waals surface area contributed by atoms with Crippen LogP contribution in [0.1, 0.15) is 22.0 Å². The Morgan fingerprint density at radius 2 is 1.96 bits per heavy atom. The molecule has 140 valence electrons. The Labute approximate surface area is 162 Å². The monoisotopic (exact) mass is 479 g/mol. The number of hydrogen-bond donors (Lipinski definition) is 2. The molecule has 1 aromatic heterocycles. The van der Waals surface area contributed by atoms with Crippen LogP contribution in [0.3, 0.4) is 0 Å². The van der Waals surface area contributed by atoms with E-state index in [1.165, 1.54) is 11.9 Å². The normalized spacial score (nSPS) is 12.2. The van der Waals surface area contributed by atoms with Crippen molar-refractivity contribution in [3.05, 3.63) is 15.6 Å². The van der Waals surface area contributed by atoms with Crippen LogP contribution in [-0.2, 0) is 6.54 Å². The van der Waals surface area contributed by atoms with Gasteiger partial charge in [-0.15, -0.1) is 35.3 Å². The molecule has 0 amide bonds. The fourth-order valence-corrected chi connectivity index (χ4v) is 2.94. The largest absolute Gasteiger partial charge is 0.401 e. The number of guanidine groups is 1. The van der Waals surface area contributed by atoms with Gasteiger partial charge in [-0.25, -0.2) is 4.98 Å². The summed E-state index contributed by atoms with van der Waals surface area (Å²) < 4.78 is 36.6. The first-order chi connectivity index (χ1) is 10.7. The number of nitrogens with one attached hydrogen (secondary N) is 2. The first-order valence-corrected chi connectivity index (χ1v) is 8.15. The zero-order chi connectivity index (χ0) is 17.5. The Hall–Kier alpha value is -0.620. The van der Waals surface area contributed by atoms with E-state index in [-0.39, 0.29) is 24.0 Å². The number of rotatable bonds is 7. The average Bonchev–Trinajstić information content (AvgIpc) is 2.74. The second-order valence-corrected chi connectivity index (χ2v) is 6.59. The molecule has 0 spiro atoms. The van der Waals surface area contributed by atoms with Crippen molar-refractivity contribution in [1.29, 1.82) is 0 Å². The van der Waals surface area contributed by atoms with Crippen molar-refractivity contribution in [2.24, 2.45) is 4.99 Å². The highest BCUT2D eigenvalue weighted by molar-refractivity contribution is 14.0. The van der Waals surface area contributed by atoms with Crippen molar-refractivity contribution >= 4 is 41.3 Å². The van der Waals surface area contributed by atoms with E-state index < -0.39 is 12.7 Å². The third kappa shape index (κ3) is 9.62. The maximum absolute atomic E-state index is 12.2. The van der Waals surface area contributed by atoms with E-state index in [0.29, 0.717) is 32.0 Å². The molecular formula is C14H25F3IN5S. The van der Waals surface area contributed by atoms with E-state index in [0.717, 1.165) is 15.6 Å². The first-order valence-electron chi connectivity index (χ1n) is 7.34. The number of thiazole rings is 1. The number of nitrogens with zero attached hydrogens (tertiary/aromatic N) is 3. The SMILES string of the molecule is CN=C(NCCCN(C)CC(F)(F)F)NCc1sc(C)nc1C.I. The van der Waals surface area contributed by atoms with Crippen LogP contribution in [-0.4, -0.2) is 55.7 Å². The maximum atomic E-state index is 12.2. The minimum Gasteiger partial charge on any atom is -0.356 e. The van der Waals surface area contributed by atoms with E-state index in [2.05, 4.69) is 20.6 Å². The number of aryl methyl sites for hydroxylation is 2. The van der Waals surface area contributed by atoms with Gasteiger partial charge >= 0.3 is 6.18 Å². The Morgan fingerprint density at radius 1 is 1.29 bits per heavy atom. The van der Waals surface area contributed by atoms with Crippen LogP contribution in [0.15, 0.2) is 4.99 Å². The van der Waals surface area contributed by atoms with Crippen molar-refractivity contribution < 1.29 is 13.2 Å². The summed E-state index contributed by atoms with van der Waals surface area (Å²) in [5.74, 6) is 0.633. The van der Waals surface area contributed by atoms with E-state index >= 15 is 0 Å². The molecular weight excluding hydrogens is 454 g/mol. The van der Waals surface area contributed by atoms with Crippen LogP contribution in [0.2, 0.25) is 0 Å². The number of aliphatic imine (C=N–C) groups is 1. The molecule has 0 fully saturated rings. The summed E-state index contributed by atoms with van der Waals surface area (Å²) in [7, 11) is 3.13. The molecule has 0 saturated heterocycles. The predicted molar refractivity (Wildman–Crippen MR) is 103 cm³/mol. The molecule has 5 nitrogen and oxygen atoms in total. The number of alkyl halides is 3. The summed E-state index contributed by atoms with van der Waals surface area (Å²) in [5.41, 5.74) is 1.00. The average molecular weight is 479 g/mol. The quantitative estimate of drug-likeness (QED) is 0.274. The molecule has 0 saturated carbocycles. The lowest BCUT2D eigenvalue weighted by Gasteiger charge is -2.18. The Kier molecular flexibility index (Phi) is 10.8. The summed E-state index contributed by atoms with van der Waals surface area (Å²) in [5, 5.41) is 7.30. The van der Waals surface area contributed by atoms with Crippen molar-refractivity contribution in [2.75, 3.05) is 33.7 Å². The Bertz CT molecular complexity index is 519. The van der Waals surface area contributed by atoms with Gasteiger partial charge in [0.25, 0.3) is 0 Å². The van der Waals surface area contributed by atoms with Crippen LogP contribution < -0.4 is 10.6 Å². The van der Waals surface area contributed by atoms with Crippen LogP contribution in [0, 0.1) is 13.8 Å². The summed E-state index contributed by atoms with van der Waals surface area (Å²) in [4.78, 5) is 10.9. The van der Waals surface area contributed by atoms with Gasteiger partial charge in [-0.2, -0.15) is 13.2 Å². The molecule has 0 unspecified atom stereocenters. The summed E-state index contributed by atoms with van der Waals surface area (Å²) >= 11 is 1.63. The molecule has 0 atom stereocenters. The zero-order valence-corrected chi connectivity index (χ0v) is 17.5. The molecule has 0 aliphatic heterocycles. The molecule has 2 N–H and O–H groups in total. The Morgan fingerprint density at radius 3 is 2.46 bits per heavy atom. The van der Waals surface area contributed by atoms with Gasteiger partial charge in [0.1, 0.15) is 0 Å². The number of aromatic nitrogens is 1. The number of halogens is 4. The first kappa shape index (κ1) is 23.4. The lowest BCUT2D eigenvalue weighted by Crippen LogP contribution is -2.38. The van der Waals surface area contributed by atoms with Crippen LogP contribution >= 0.6 is 35.3 Å². The van der Waals surface area contributed by atoms with Crippen LogP contribution in [0.25, 0.3) is 0 Å². The fourth-order valence-electron chi connectivity index (χ4n) is 2.06. The standard InChI is InChI=1S/C14H24F3N5S.HI/c1-10-12(23-11(2)21-10)8-20-13(18-3)19-6-5-7-22(4)9-14(15,16)17;/h5-9H2,1-4H3,(H2,18,19,20);1H. The molecule has 0 aliphatic carbocycles. The van der Waals surface area contributed by atoms with Gasteiger partial charge in [0.15, 0.2) is 5.96 Å². The van der Waals surface area contributed by atoms with Gasteiger partial charge in [0.2, 0.25) is 0 Å². The molecule has 0 aromatic carbocycles. The summed E-state index contributed by atoms with van der Waals surface area (Å²) in [6, 6.07) is 0. The topological polar surface area (TPSA) is 52.6 Å². The van der Waals surface area contributed by atoms with Gasteiger partial charge in [0, 0.05) is 18.5 Å². The van der Waals surface area contributed by atoms with E-state index in [1.807, 2.05) is 13.8 Å². The lowest BCUT2D eigenvalue weighted by atomic mass is 10.3. The Balaban J connectivity index is 0.00000529. The highest BCUT2D eigenvalue weighted by Gasteiger charge is 2.28. The highest BCUT2D eigenvalue weighted by Crippen LogP contribution is 2.16. The van der Waals surface area contributed by atoms with Crippen LogP contribution in [0.5, 0.6) is 0 Å². The van der Waals surface area contributed by atoms with Crippen LogP contribution in [0.4, 0.5) is 13.2 Å². The van der Waals surface area contributed by atoms with Gasteiger partial charge in [-0.05, 0) is 33.9 Å². The molecule has 0 radical (unpaired) electrons. The van der Waals surface area contributed by atoms with E-state index in [9.17, 15) is 13.2 Å². The molecule has 10 heteroatoms. The summed E-state index contributed by atoms with van der Waals surface area (Å²) in [6.45, 7) is 4.60. The molecule has 1 heterocycles. The minimum absolute atomic E-state index is 0. The molecule has 0 aliphatic rings. The smallest absolute Gasteiger partial charge is 0.356 e. The van der Waals surface area contributed by atoms with E-state index in [4.69, 9.17) is 0 Å². The van der Waals surface area contributed by atoms with Crippen molar-refractivity contribution in [3.63, 3.8) is 0 Å². The zero-order valence-electron chi connectivity index (χ0n) is 14.3. The second-order valence-electron chi connectivity index (χ2n) is 5.30. The summed E-state index contributed by atoms with van der Waals surface area (Å²) in [6.07, 6.45) is -3.55. The van der Waals surface area contributed by atoms with Gasteiger partial charge < -0.3 is 10.6 Å². The van der Waals surface area contributed by atoms with Gasteiger partial charge in [-0.1, -0.05) is 0 Å². The third-order valence-electron chi connectivity index (χ3n) is 3.10. The second kappa shape index (κ2) is 11.1. The van der Waals surface area contributed by atoms with Crippen molar-refractivity contribution in [2.45, 2.75) is 33.0 Å². The predicted octanol–water partition coefficient (Wildman–Crippen LogP) is 2.93. The van der Waals surface area contributed by atoms with Gasteiger partial charge in [0.05, 0.1) is 23.8 Å². The van der Waals surface area contributed by atoms with Gasteiger partial charge in [-0.3, -0.25) is 9.89 Å². The maximum Gasteiger partial charge on any atom is 0.401 e. The molecule has 0 bridgehead atoms. The number of hydrogen-bond acceptors (Lipinski definition) is 4. The fraction of sp³-hybridized carbons (Fsp3) is 0.714. The molecule has 1 rings (SSSR count). The van der Waals surface area contributed by atoms with E-state index in [1.54, 1.807) is 18.4 Å². The minimum atomic E-state index is -4.15. The molecule has 1 aromatic rings. The van der Waals surface area contributed by atoms with Crippen molar-refractivity contribution in [1.82, 2.24) is 20.5 Å². The molecule has 24 heavy (non-hydrogen) atoms.